The maximum atomic E-state index is 14.8. The smallest absolute Gasteiger partial charge is 0.194 e. The Kier molecular flexibility index (Phi) is 10.3. The maximum absolute atomic E-state index is 14.8. The molecule has 0 aliphatic heterocycles. The van der Waals surface area contributed by atoms with Crippen molar-refractivity contribution in [1.29, 1.82) is 0 Å². The van der Waals surface area contributed by atoms with Gasteiger partial charge < -0.3 is 0 Å². The van der Waals surface area contributed by atoms with Crippen LogP contribution in [0.25, 0.3) is 0 Å². The van der Waals surface area contributed by atoms with E-state index in [0.717, 1.165) is 0 Å². The second-order valence-corrected chi connectivity index (χ2v) is 9.32. The van der Waals surface area contributed by atoms with Crippen LogP contribution < -0.4 is 0 Å². The van der Waals surface area contributed by atoms with E-state index in [2.05, 4.69) is 6.92 Å². The number of hydrogen-bond acceptors (Lipinski definition) is 0. The lowest BCUT2D eigenvalue weighted by Gasteiger charge is -2.39. The Morgan fingerprint density at radius 2 is 0.583 bits per heavy atom. The molecule has 0 fully saturated rings. The first kappa shape index (κ1) is 43.4. The van der Waals surface area contributed by atoms with Gasteiger partial charge in [-0.1, -0.05) is 6.92 Å². The van der Waals surface area contributed by atoms with Gasteiger partial charge in [-0.15, -0.1) is 0 Å². The van der Waals surface area contributed by atoms with Crippen molar-refractivity contribution < 1.29 is 119 Å². The summed E-state index contributed by atoms with van der Waals surface area (Å²) < 4.78 is 367. The number of benzene rings is 1. The first-order chi connectivity index (χ1) is 20.5. The monoisotopic (exact) mass is 773 g/mol. The van der Waals surface area contributed by atoms with Gasteiger partial charge in [-0.05, 0) is 30.5 Å². The van der Waals surface area contributed by atoms with Crippen LogP contribution in [0.5, 0.6) is 0 Å². The number of rotatable bonds is 11. The SMILES string of the molecule is [CH2]CCc1c(C(F)(F)C(F)(F)C(F)(F)C(F)(F)F)cc(C(F)(F)C(F)(F)C(F)(F)C(F)(F)F)cc1C(F)(F)C(F)(F)C(F)(F)C(F)(F)F. The molecule has 0 unspecified atom stereocenters. The molecule has 281 valence electrons. The van der Waals surface area contributed by atoms with Crippen molar-refractivity contribution >= 4 is 0 Å². The molecule has 0 N–H and O–H groups in total. The molecule has 0 aliphatic rings. The van der Waals surface area contributed by atoms with Gasteiger partial charge in [-0.3, -0.25) is 0 Å². The van der Waals surface area contributed by atoms with E-state index in [-0.39, 0.29) is 0 Å². The summed E-state index contributed by atoms with van der Waals surface area (Å²) in [7, 11) is 0. The van der Waals surface area contributed by atoms with Crippen molar-refractivity contribution in [2.24, 2.45) is 0 Å². The first-order valence-corrected chi connectivity index (χ1v) is 11.1. The summed E-state index contributed by atoms with van der Waals surface area (Å²) in [5.41, 5.74) is -16.0. The third-order valence-corrected chi connectivity index (χ3v) is 6.15. The second-order valence-electron chi connectivity index (χ2n) is 9.32. The van der Waals surface area contributed by atoms with Crippen LogP contribution in [0, 0.1) is 6.92 Å². The Morgan fingerprint density at radius 3 is 0.792 bits per heavy atom. The summed E-state index contributed by atoms with van der Waals surface area (Å²) in [5.74, 6) is -73.3. The van der Waals surface area contributed by atoms with Gasteiger partial charge in [0, 0.05) is 16.7 Å². The summed E-state index contributed by atoms with van der Waals surface area (Å²) in [4.78, 5) is 0. The highest BCUT2D eigenvalue weighted by Gasteiger charge is 2.85. The average Bonchev–Trinajstić information content (AvgIpc) is 2.85. The fourth-order valence-corrected chi connectivity index (χ4v) is 3.50. The van der Waals surface area contributed by atoms with Crippen molar-refractivity contribution in [2.75, 3.05) is 0 Å². The van der Waals surface area contributed by atoms with E-state index in [1.54, 1.807) is 0 Å². The molecule has 0 saturated carbocycles. The van der Waals surface area contributed by atoms with Gasteiger partial charge >= 0.3 is 71.8 Å². The van der Waals surface area contributed by atoms with Crippen molar-refractivity contribution in [3.63, 3.8) is 0 Å². The van der Waals surface area contributed by atoms with E-state index >= 15 is 0 Å². The third kappa shape index (κ3) is 5.84. The highest BCUT2D eigenvalue weighted by atomic mass is 19.4. The largest absolute Gasteiger partial charge is 0.460 e. The first-order valence-electron chi connectivity index (χ1n) is 11.1. The van der Waals surface area contributed by atoms with E-state index in [4.69, 9.17) is 0 Å². The molecule has 1 rings (SSSR count). The Bertz CT molecular complexity index is 1250. The molecule has 1 radical (unpaired) electrons. The minimum atomic E-state index is -8.33. The van der Waals surface area contributed by atoms with Gasteiger partial charge in [0.1, 0.15) is 0 Å². The highest BCUT2D eigenvalue weighted by molar-refractivity contribution is 5.48. The molecule has 0 nitrogen and oxygen atoms in total. The molecule has 48 heavy (non-hydrogen) atoms. The molecule has 0 aromatic heterocycles. The Morgan fingerprint density at radius 1 is 0.354 bits per heavy atom. The van der Waals surface area contributed by atoms with Crippen LogP contribution in [0.2, 0.25) is 0 Å². The van der Waals surface area contributed by atoms with Gasteiger partial charge in [0.2, 0.25) is 0 Å². The van der Waals surface area contributed by atoms with Crippen molar-refractivity contribution in [2.45, 2.75) is 84.7 Å². The molecule has 1 aromatic rings. The Hall–Kier alpha value is -2.67. The zero-order chi connectivity index (χ0) is 39.1. The lowest BCUT2D eigenvalue weighted by molar-refractivity contribution is -0.401. The lowest BCUT2D eigenvalue weighted by atomic mass is 9.81. The van der Waals surface area contributed by atoms with Crippen LogP contribution in [0.1, 0.15) is 28.7 Å². The van der Waals surface area contributed by atoms with Crippen molar-refractivity contribution in [1.82, 2.24) is 0 Å². The van der Waals surface area contributed by atoms with Gasteiger partial charge in [0.05, 0.1) is 0 Å². The highest BCUT2D eigenvalue weighted by Crippen LogP contribution is 2.63. The normalized spacial score (nSPS) is 16.1. The zero-order valence-corrected chi connectivity index (χ0v) is 21.5. The van der Waals surface area contributed by atoms with E-state index in [0.29, 0.717) is 0 Å². The second kappa shape index (κ2) is 11.4. The summed E-state index contributed by atoms with van der Waals surface area (Å²) in [6, 6.07) is -4.32. The molecule has 0 saturated heterocycles. The summed E-state index contributed by atoms with van der Waals surface area (Å²) in [5, 5.41) is 0. The zero-order valence-electron chi connectivity index (χ0n) is 21.5. The number of alkyl halides is 27. The molecular formula is C21H8F27. The predicted octanol–water partition coefficient (Wildman–Crippen LogP) is 11.2. The molecule has 1 aromatic carbocycles. The third-order valence-electron chi connectivity index (χ3n) is 6.15. The lowest BCUT2D eigenvalue weighted by Crippen LogP contribution is -2.61. The van der Waals surface area contributed by atoms with Crippen LogP contribution in [0.4, 0.5) is 119 Å². The molecule has 0 bridgehead atoms. The molecule has 0 heterocycles. The molecule has 0 aliphatic carbocycles. The van der Waals surface area contributed by atoms with Gasteiger partial charge in [0.25, 0.3) is 0 Å². The van der Waals surface area contributed by atoms with E-state index in [1.165, 1.54) is 0 Å². The average molecular weight is 773 g/mol. The fourth-order valence-electron chi connectivity index (χ4n) is 3.50. The Balaban J connectivity index is 4.74. The summed E-state index contributed by atoms with van der Waals surface area (Å²) in [6.07, 6.45) is -27.9. The van der Waals surface area contributed by atoms with Gasteiger partial charge in [-0.2, -0.15) is 119 Å². The van der Waals surface area contributed by atoms with E-state index in [9.17, 15) is 119 Å². The van der Waals surface area contributed by atoms with Crippen LogP contribution in [0.15, 0.2) is 12.1 Å². The molecule has 0 amide bonds. The van der Waals surface area contributed by atoms with Crippen molar-refractivity contribution in [3.8, 4) is 0 Å². The standard InChI is InChI=1S/C21H8F27/c1-2-3-7-8(11(24,25)14(30,31)17(36,37)20(43,44)45)4-6(10(22,23)13(28,29)16(34,35)19(40,41)42)5-9(7)12(26,27)15(32,33)18(38,39)21(46,47)48/h4-5H,1-3H2. The van der Waals surface area contributed by atoms with E-state index < -0.39 is 119 Å². The van der Waals surface area contributed by atoms with Crippen molar-refractivity contribution in [3.05, 3.63) is 41.3 Å². The topological polar surface area (TPSA) is 0 Å². The van der Waals surface area contributed by atoms with E-state index in [1.807, 2.05) is 0 Å². The Labute approximate surface area is 245 Å². The molecular weight excluding hydrogens is 765 g/mol. The maximum Gasteiger partial charge on any atom is 0.460 e. The number of halogens is 27. The quantitative estimate of drug-likeness (QED) is 0.197. The van der Waals surface area contributed by atoms with Crippen LogP contribution in [-0.4, -0.2) is 54.1 Å². The minimum absolute atomic E-state index is 1.69. The number of hydrogen-bond donors (Lipinski definition) is 0. The summed E-state index contributed by atoms with van der Waals surface area (Å²) in [6.45, 7) is 2.48. The predicted molar refractivity (Wildman–Crippen MR) is 99.6 cm³/mol. The van der Waals surface area contributed by atoms with Crippen LogP contribution in [-0.2, 0) is 24.2 Å². The van der Waals surface area contributed by atoms with Crippen LogP contribution in [0.3, 0.4) is 0 Å². The van der Waals surface area contributed by atoms with Gasteiger partial charge in [-0.25, -0.2) is 0 Å². The fraction of sp³-hybridized carbons (Fsp3) is 0.667. The van der Waals surface area contributed by atoms with Crippen LogP contribution >= 0.6 is 0 Å². The molecule has 0 spiro atoms. The molecule has 0 atom stereocenters. The minimum Gasteiger partial charge on any atom is -0.194 e. The van der Waals surface area contributed by atoms with Gasteiger partial charge in [0.15, 0.2) is 0 Å². The summed E-state index contributed by atoms with van der Waals surface area (Å²) >= 11 is 0. The molecule has 27 heteroatoms.